The summed E-state index contributed by atoms with van der Waals surface area (Å²) in [6.07, 6.45) is 4.88. The third-order valence-corrected chi connectivity index (χ3v) is 2.48. The monoisotopic (exact) mass is 237 g/mol. The third kappa shape index (κ3) is 3.62. The molecule has 0 fully saturated rings. The Morgan fingerprint density at radius 1 is 1.53 bits per heavy atom. The van der Waals surface area contributed by atoms with Gasteiger partial charge >= 0.3 is 0 Å². The average molecular weight is 237 g/mol. The molecule has 5 nitrogen and oxygen atoms in total. The van der Waals surface area contributed by atoms with Crippen LogP contribution in [-0.2, 0) is 0 Å². The number of hydrogen-bond acceptors (Lipinski definition) is 4. The van der Waals surface area contributed by atoms with Crippen LogP contribution in [0.3, 0.4) is 0 Å². The summed E-state index contributed by atoms with van der Waals surface area (Å²) in [4.78, 5) is 4.11. The lowest BCUT2D eigenvalue weighted by molar-refractivity contribution is 0.292. The van der Waals surface area contributed by atoms with Crippen LogP contribution in [0.4, 0.5) is 0 Å². The van der Waals surface area contributed by atoms with Gasteiger partial charge < -0.3 is 15.7 Å². The van der Waals surface area contributed by atoms with Crippen LogP contribution in [-0.4, -0.2) is 22.6 Å². The van der Waals surface area contributed by atoms with E-state index in [0.29, 0.717) is 18.1 Å². The minimum Gasteiger partial charge on any atom is -0.477 e. The Morgan fingerprint density at radius 3 is 2.94 bits per heavy atom. The topological polar surface area (TPSA) is 80.7 Å². The zero-order chi connectivity index (χ0) is 12.7. The van der Waals surface area contributed by atoms with Crippen LogP contribution in [0.5, 0.6) is 5.88 Å². The van der Waals surface area contributed by atoms with Crippen molar-refractivity contribution < 1.29 is 9.94 Å². The first-order chi connectivity index (χ1) is 8.20. The molecule has 17 heavy (non-hydrogen) atoms. The highest BCUT2D eigenvalue weighted by atomic mass is 16.5. The van der Waals surface area contributed by atoms with E-state index in [2.05, 4.69) is 17.1 Å². The summed E-state index contributed by atoms with van der Waals surface area (Å²) in [5.74, 6) is 0.456. The molecule has 1 rings (SSSR count). The van der Waals surface area contributed by atoms with E-state index in [0.717, 1.165) is 24.8 Å². The summed E-state index contributed by atoms with van der Waals surface area (Å²) >= 11 is 0. The van der Waals surface area contributed by atoms with Gasteiger partial charge in [-0.15, -0.1) is 0 Å². The van der Waals surface area contributed by atoms with Gasteiger partial charge in [0, 0.05) is 6.20 Å². The number of nitrogens with zero attached hydrogens (tertiary/aromatic N) is 2. The van der Waals surface area contributed by atoms with Crippen molar-refractivity contribution in [1.82, 2.24) is 4.98 Å². The maximum absolute atomic E-state index is 8.73. The number of unbranched alkanes of at least 4 members (excludes halogenated alkanes) is 2. The Bertz CT molecular complexity index is 391. The quantitative estimate of drug-likeness (QED) is 0.261. The molecule has 1 heterocycles. The largest absolute Gasteiger partial charge is 0.477 e. The molecule has 0 aliphatic heterocycles. The summed E-state index contributed by atoms with van der Waals surface area (Å²) in [5.41, 5.74) is 7.04. The third-order valence-electron chi connectivity index (χ3n) is 2.48. The summed E-state index contributed by atoms with van der Waals surface area (Å²) in [6, 6.07) is 1.80. The van der Waals surface area contributed by atoms with Gasteiger partial charge in [0.1, 0.15) is 0 Å². The molecule has 0 atom stereocenters. The van der Waals surface area contributed by atoms with Gasteiger partial charge in [-0.3, -0.25) is 0 Å². The predicted octanol–water partition coefficient (Wildman–Crippen LogP) is 2.05. The summed E-state index contributed by atoms with van der Waals surface area (Å²) < 4.78 is 5.56. The highest BCUT2D eigenvalue weighted by Crippen LogP contribution is 2.18. The van der Waals surface area contributed by atoms with Crippen molar-refractivity contribution in [2.75, 3.05) is 6.61 Å². The fourth-order valence-electron chi connectivity index (χ4n) is 1.53. The molecule has 0 spiro atoms. The Labute approximate surface area is 101 Å². The van der Waals surface area contributed by atoms with E-state index in [-0.39, 0.29) is 5.84 Å². The predicted molar refractivity (Wildman–Crippen MR) is 66.5 cm³/mol. The van der Waals surface area contributed by atoms with Crippen LogP contribution < -0.4 is 10.5 Å². The van der Waals surface area contributed by atoms with Crippen molar-refractivity contribution in [2.24, 2.45) is 10.9 Å². The number of ether oxygens (including phenoxy) is 1. The van der Waals surface area contributed by atoms with Gasteiger partial charge in [0.15, 0.2) is 5.84 Å². The molecule has 0 aliphatic rings. The van der Waals surface area contributed by atoms with Crippen molar-refractivity contribution in [1.29, 1.82) is 0 Å². The van der Waals surface area contributed by atoms with E-state index in [1.807, 2.05) is 6.92 Å². The Morgan fingerprint density at radius 2 is 2.29 bits per heavy atom. The number of nitrogens with two attached hydrogens (primary N) is 1. The highest BCUT2D eigenvalue weighted by Gasteiger charge is 2.12. The molecule has 94 valence electrons. The first-order valence-electron chi connectivity index (χ1n) is 5.77. The van der Waals surface area contributed by atoms with E-state index in [4.69, 9.17) is 15.7 Å². The standard InChI is InChI=1S/C12H19N3O2/c1-3-4-5-8-17-12-10(11(13)15-16)9(2)6-7-14-12/h6-7,16H,3-5,8H2,1-2H3,(H2,13,15). The van der Waals surface area contributed by atoms with E-state index in [1.165, 1.54) is 0 Å². The molecule has 0 aliphatic carbocycles. The molecule has 5 heteroatoms. The van der Waals surface area contributed by atoms with E-state index in [1.54, 1.807) is 12.3 Å². The van der Waals surface area contributed by atoms with Crippen LogP contribution in [0.15, 0.2) is 17.4 Å². The van der Waals surface area contributed by atoms with Crippen LogP contribution >= 0.6 is 0 Å². The SMILES string of the molecule is CCCCCOc1nccc(C)c1/C(N)=N/O. The van der Waals surface area contributed by atoms with Gasteiger partial charge in [0.05, 0.1) is 12.2 Å². The summed E-state index contributed by atoms with van der Waals surface area (Å²) in [5, 5.41) is 11.7. The second-order valence-electron chi connectivity index (χ2n) is 3.85. The van der Waals surface area contributed by atoms with Crippen molar-refractivity contribution >= 4 is 5.84 Å². The van der Waals surface area contributed by atoms with Crippen molar-refractivity contribution in [2.45, 2.75) is 33.1 Å². The van der Waals surface area contributed by atoms with Gasteiger partial charge in [0.2, 0.25) is 5.88 Å². The number of aryl methyl sites for hydroxylation is 1. The maximum Gasteiger partial charge on any atom is 0.224 e. The Hall–Kier alpha value is -1.78. The molecule has 0 unspecified atom stereocenters. The highest BCUT2D eigenvalue weighted by molar-refractivity contribution is 6.00. The minimum absolute atomic E-state index is 0.0288. The number of pyridine rings is 1. The molecule has 0 radical (unpaired) electrons. The number of oxime groups is 1. The van der Waals surface area contributed by atoms with Gasteiger partial charge in [-0.05, 0) is 25.0 Å². The molecule has 1 aromatic rings. The molecule has 3 N–H and O–H groups in total. The minimum atomic E-state index is 0.0288. The number of amidine groups is 1. The van der Waals surface area contributed by atoms with Crippen LogP contribution in [0, 0.1) is 6.92 Å². The second-order valence-corrected chi connectivity index (χ2v) is 3.85. The lowest BCUT2D eigenvalue weighted by Crippen LogP contribution is -2.17. The van der Waals surface area contributed by atoms with Gasteiger partial charge in [-0.1, -0.05) is 24.9 Å². The lowest BCUT2D eigenvalue weighted by atomic mass is 10.1. The van der Waals surface area contributed by atoms with Gasteiger partial charge in [-0.2, -0.15) is 0 Å². The maximum atomic E-state index is 8.73. The van der Waals surface area contributed by atoms with Crippen LogP contribution in [0.1, 0.15) is 37.3 Å². The average Bonchev–Trinajstić information content (AvgIpc) is 2.34. The van der Waals surface area contributed by atoms with Crippen LogP contribution in [0.25, 0.3) is 0 Å². The first kappa shape index (κ1) is 13.3. The van der Waals surface area contributed by atoms with Crippen molar-refractivity contribution in [3.05, 3.63) is 23.4 Å². The normalized spacial score (nSPS) is 11.5. The van der Waals surface area contributed by atoms with Gasteiger partial charge in [-0.25, -0.2) is 4.98 Å². The summed E-state index contributed by atoms with van der Waals surface area (Å²) in [6.45, 7) is 4.59. The molecule has 1 aromatic heterocycles. The molecule has 0 bridgehead atoms. The molecule has 0 aromatic carbocycles. The number of aromatic nitrogens is 1. The lowest BCUT2D eigenvalue weighted by Gasteiger charge is -2.11. The molecule has 0 saturated carbocycles. The molecule has 0 saturated heterocycles. The Kier molecular flexibility index (Phi) is 5.26. The fourth-order valence-corrected chi connectivity index (χ4v) is 1.53. The second kappa shape index (κ2) is 6.73. The number of hydrogen-bond donors (Lipinski definition) is 2. The Balaban J connectivity index is 2.80. The van der Waals surface area contributed by atoms with Crippen LogP contribution in [0.2, 0.25) is 0 Å². The number of rotatable bonds is 6. The van der Waals surface area contributed by atoms with Gasteiger partial charge in [0.25, 0.3) is 0 Å². The van der Waals surface area contributed by atoms with Crippen molar-refractivity contribution in [3.63, 3.8) is 0 Å². The molecular weight excluding hydrogens is 218 g/mol. The smallest absolute Gasteiger partial charge is 0.224 e. The van der Waals surface area contributed by atoms with E-state index in [9.17, 15) is 0 Å². The molecular formula is C12H19N3O2. The molecule has 0 amide bonds. The van der Waals surface area contributed by atoms with Crippen molar-refractivity contribution in [3.8, 4) is 5.88 Å². The zero-order valence-electron chi connectivity index (χ0n) is 10.3. The first-order valence-corrected chi connectivity index (χ1v) is 5.77. The zero-order valence-corrected chi connectivity index (χ0v) is 10.3. The van der Waals surface area contributed by atoms with E-state index >= 15 is 0 Å². The summed E-state index contributed by atoms with van der Waals surface area (Å²) in [7, 11) is 0. The van der Waals surface area contributed by atoms with E-state index < -0.39 is 0 Å². The fraction of sp³-hybridized carbons (Fsp3) is 0.500.